The van der Waals surface area contributed by atoms with Gasteiger partial charge in [0.2, 0.25) is 0 Å². The molecule has 0 saturated heterocycles. The molecule has 2 aliphatic rings. The van der Waals surface area contributed by atoms with Gasteiger partial charge in [0.1, 0.15) is 6.17 Å². The topological polar surface area (TPSA) is 40.6 Å². The van der Waals surface area contributed by atoms with Crippen molar-refractivity contribution in [2.24, 2.45) is 5.92 Å². The van der Waals surface area contributed by atoms with E-state index in [2.05, 4.69) is 13.8 Å². The van der Waals surface area contributed by atoms with E-state index in [1.54, 1.807) is 11.0 Å². The monoisotopic (exact) mass is 306 g/mol. The number of anilines is 1. The second kappa shape index (κ2) is 4.95. The molecule has 0 unspecified atom stereocenters. The van der Waals surface area contributed by atoms with Gasteiger partial charge in [-0.25, -0.2) is 0 Å². The van der Waals surface area contributed by atoms with Crippen molar-refractivity contribution >= 4 is 17.5 Å². The van der Waals surface area contributed by atoms with E-state index in [1.165, 1.54) is 0 Å². The molecule has 0 spiro atoms. The summed E-state index contributed by atoms with van der Waals surface area (Å²) in [6.07, 6.45) is -0.330. The van der Waals surface area contributed by atoms with Crippen molar-refractivity contribution in [3.63, 3.8) is 0 Å². The molecule has 1 atom stereocenters. The fourth-order valence-electron chi connectivity index (χ4n) is 3.55. The SMILES string of the molecule is CC(C)CN1C(=O)c2ccccc2N2C(=O)c3ccccc3[C@@H]12. The Morgan fingerprint density at radius 3 is 2.30 bits per heavy atom. The molecule has 2 amide bonds. The van der Waals surface area contributed by atoms with E-state index in [4.69, 9.17) is 0 Å². The quantitative estimate of drug-likeness (QED) is 0.852. The van der Waals surface area contributed by atoms with Gasteiger partial charge in [0, 0.05) is 17.7 Å². The Morgan fingerprint density at radius 1 is 0.913 bits per heavy atom. The first-order valence-electron chi connectivity index (χ1n) is 7.92. The van der Waals surface area contributed by atoms with Gasteiger partial charge in [-0.15, -0.1) is 0 Å². The fourth-order valence-corrected chi connectivity index (χ4v) is 3.55. The number of nitrogens with zero attached hydrogens (tertiary/aromatic N) is 2. The minimum Gasteiger partial charge on any atom is -0.313 e. The molecule has 0 N–H and O–H groups in total. The van der Waals surface area contributed by atoms with E-state index in [-0.39, 0.29) is 18.0 Å². The van der Waals surface area contributed by atoms with Crippen molar-refractivity contribution in [3.8, 4) is 0 Å². The number of amides is 2. The van der Waals surface area contributed by atoms with Crippen LogP contribution in [0.1, 0.15) is 46.3 Å². The van der Waals surface area contributed by atoms with E-state index in [9.17, 15) is 9.59 Å². The highest BCUT2D eigenvalue weighted by Crippen LogP contribution is 2.45. The summed E-state index contributed by atoms with van der Waals surface area (Å²) in [7, 11) is 0. The summed E-state index contributed by atoms with van der Waals surface area (Å²) in [4.78, 5) is 29.5. The van der Waals surface area contributed by atoms with Gasteiger partial charge in [-0.05, 0) is 24.1 Å². The van der Waals surface area contributed by atoms with Crippen molar-refractivity contribution in [2.45, 2.75) is 20.0 Å². The molecule has 0 fully saturated rings. The Labute approximate surface area is 135 Å². The Morgan fingerprint density at radius 2 is 1.57 bits per heavy atom. The lowest BCUT2D eigenvalue weighted by molar-refractivity contribution is 0.0621. The van der Waals surface area contributed by atoms with Crippen LogP contribution in [0, 0.1) is 5.92 Å². The molecular weight excluding hydrogens is 288 g/mol. The van der Waals surface area contributed by atoms with Gasteiger partial charge in [0.25, 0.3) is 11.8 Å². The maximum atomic E-state index is 13.0. The highest BCUT2D eigenvalue weighted by Gasteiger charge is 2.47. The van der Waals surface area contributed by atoms with Gasteiger partial charge in [0.05, 0.1) is 11.3 Å². The number of fused-ring (bicyclic) bond motifs is 5. The van der Waals surface area contributed by atoms with E-state index in [0.717, 1.165) is 5.56 Å². The van der Waals surface area contributed by atoms with Gasteiger partial charge in [-0.3, -0.25) is 14.5 Å². The van der Waals surface area contributed by atoms with Gasteiger partial charge in [-0.1, -0.05) is 44.2 Å². The van der Waals surface area contributed by atoms with Crippen LogP contribution in [0.5, 0.6) is 0 Å². The molecule has 23 heavy (non-hydrogen) atoms. The molecule has 0 bridgehead atoms. The zero-order valence-electron chi connectivity index (χ0n) is 13.2. The number of rotatable bonds is 2. The van der Waals surface area contributed by atoms with Crippen LogP contribution < -0.4 is 4.90 Å². The molecule has 116 valence electrons. The summed E-state index contributed by atoms with van der Waals surface area (Å²) in [5.41, 5.74) is 2.92. The third kappa shape index (κ3) is 1.91. The van der Waals surface area contributed by atoms with Crippen molar-refractivity contribution in [2.75, 3.05) is 11.4 Å². The van der Waals surface area contributed by atoms with Crippen LogP contribution in [-0.2, 0) is 0 Å². The molecule has 2 aliphatic heterocycles. The second-order valence-electron chi connectivity index (χ2n) is 6.50. The van der Waals surface area contributed by atoms with Crippen LogP contribution in [0.3, 0.4) is 0 Å². The normalized spacial score (nSPS) is 19.0. The van der Waals surface area contributed by atoms with Crippen LogP contribution in [0.4, 0.5) is 5.69 Å². The first-order chi connectivity index (χ1) is 11.1. The summed E-state index contributed by atoms with van der Waals surface area (Å²) in [5, 5.41) is 0. The standard InChI is InChI=1S/C19H18N2O2/c1-12(2)11-20-17-13-7-3-4-8-14(13)19(23)21(17)16-10-6-5-9-15(16)18(20)22/h3-10,12,17H,11H2,1-2H3/t17-/m0/s1. The maximum Gasteiger partial charge on any atom is 0.260 e. The van der Waals surface area contributed by atoms with Gasteiger partial charge in [0.15, 0.2) is 0 Å². The van der Waals surface area contributed by atoms with E-state index in [0.29, 0.717) is 29.3 Å². The zero-order valence-corrected chi connectivity index (χ0v) is 13.2. The summed E-state index contributed by atoms with van der Waals surface area (Å²) in [6, 6.07) is 15.0. The number of carbonyl (C=O) groups excluding carboxylic acids is 2. The number of carbonyl (C=O) groups is 2. The van der Waals surface area contributed by atoms with Crippen LogP contribution >= 0.6 is 0 Å². The molecule has 0 aromatic heterocycles. The zero-order chi connectivity index (χ0) is 16.1. The van der Waals surface area contributed by atoms with Crippen molar-refractivity contribution in [1.82, 2.24) is 4.90 Å². The Balaban J connectivity index is 1.95. The third-order valence-electron chi connectivity index (χ3n) is 4.44. The molecule has 4 nitrogen and oxygen atoms in total. The first kappa shape index (κ1) is 14.0. The number of para-hydroxylation sites is 1. The molecule has 2 heterocycles. The lowest BCUT2D eigenvalue weighted by Crippen LogP contribution is -2.49. The summed E-state index contributed by atoms with van der Waals surface area (Å²) < 4.78 is 0. The molecule has 2 aromatic carbocycles. The lowest BCUT2D eigenvalue weighted by Gasteiger charge is -2.41. The predicted octanol–water partition coefficient (Wildman–Crippen LogP) is 3.46. The van der Waals surface area contributed by atoms with Gasteiger partial charge >= 0.3 is 0 Å². The minimum absolute atomic E-state index is 0.0000491. The number of benzene rings is 2. The Hall–Kier alpha value is -2.62. The molecule has 2 aromatic rings. The largest absolute Gasteiger partial charge is 0.313 e. The Bertz CT molecular complexity index is 813. The summed E-state index contributed by atoms with van der Waals surface area (Å²) in [6.45, 7) is 4.79. The maximum absolute atomic E-state index is 13.0. The highest BCUT2D eigenvalue weighted by atomic mass is 16.2. The van der Waals surface area contributed by atoms with Crippen LogP contribution in [-0.4, -0.2) is 23.3 Å². The molecule has 0 radical (unpaired) electrons. The molecule has 0 saturated carbocycles. The van der Waals surface area contributed by atoms with Crippen molar-refractivity contribution < 1.29 is 9.59 Å². The van der Waals surface area contributed by atoms with Crippen LogP contribution in [0.15, 0.2) is 48.5 Å². The average Bonchev–Trinajstić information content (AvgIpc) is 2.85. The highest BCUT2D eigenvalue weighted by molar-refractivity contribution is 6.16. The van der Waals surface area contributed by atoms with Crippen molar-refractivity contribution in [3.05, 3.63) is 65.2 Å². The molecule has 4 rings (SSSR count). The van der Waals surface area contributed by atoms with Crippen LogP contribution in [0.2, 0.25) is 0 Å². The smallest absolute Gasteiger partial charge is 0.260 e. The second-order valence-corrected chi connectivity index (χ2v) is 6.50. The third-order valence-corrected chi connectivity index (χ3v) is 4.44. The molecular formula is C19H18N2O2. The average molecular weight is 306 g/mol. The summed E-state index contributed by atoms with van der Waals surface area (Å²) in [5.74, 6) is 0.299. The van der Waals surface area contributed by atoms with E-state index < -0.39 is 0 Å². The van der Waals surface area contributed by atoms with E-state index >= 15 is 0 Å². The van der Waals surface area contributed by atoms with Crippen LogP contribution in [0.25, 0.3) is 0 Å². The first-order valence-corrected chi connectivity index (χ1v) is 7.92. The predicted molar refractivity (Wildman–Crippen MR) is 88.3 cm³/mol. The van der Waals surface area contributed by atoms with Gasteiger partial charge in [-0.2, -0.15) is 0 Å². The number of hydrogen-bond acceptors (Lipinski definition) is 2. The lowest BCUT2D eigenvalue weighted by atomic mass is 10.0. The van der Waals surface area contributed by atoms with Crippen molar-refractivity contribution in [1.29, 1.82) is 0 Å². The molecule has 0 aliphatic carbocycles. The summed E-state index contributed by atoms with van der Waals surface area (Å²) >= 11 is 0. The molecule has 4 heteroatoms. The minimum atomic E-state index is -0.330. The number of hydrogen-bond donors (Lipinski definition) is 0. The van der Waals surface area contributed by atoms with Gasteiger partial charge < -0.3 is 4.90 Å². The Kier molecular flexibility index (Phi) is 3.01. The van der Waals surface area contributed by atoms with E-state index in [1.807, 2.05) is 47.4 Å². The fraction of sp³-hybridized carbons (Fsp3) is 0.263.